The van der Waals surface area contributed by atoms with Gasteiger partial charge in [-0.05, 0) is 6.42 Å². The molecule has 2 bridgehead atoms. The maximum atomic E-state index is 12.4. The highest BCUT2D eigenvalue weighted by molar-refractivity contribution is 6.05. The molecule has 0 aromatic heterocycles. The molecule has 0 aromatic carbocycles. The summed E-state index contributed by atoms with van der Waals surface area (Å²) in [5, 5.41) is 1.02. The Morgan fingerprint density at radius 1 is 0.750 bits per heavy atom. The Labute approximate surface area is 169 Å². The second kappa shape index (κ2) is 11.1. The summed E-state index contributed by atoms with van der Waals surface area (Å²) in [6.07, 6.45) is 20.1. The Morgan fingerprint density at radius 3 is 1.64 bits per heavy atom. The monoisotopic (exact) mass is 391 g/mol. The number of carbonyl (C=O) groups is 2. The number of fused-ring (bicyclic) bond motifs is 5. The van der Waals surface area contributed by atoms with Crippen molar-refractivity contribution in [2.45, 2.75) is 103 Å². The lowest BCUT2D eigenvalue weighted by molar-refractivity contribution is -0.192. The Morgan fingerprint density at radius 2 is 1.18 bits per heavy atom. The van der Waals surface area contributed by atoms with E-state index in [4.69, 9.17) is 9.57 Å². The summed E-state index contributed by atoms with van der Waals surface area (Å²) in [7, 11) is 0. The van der Waals surface area contributed by atoms with Crippen LogP contribution in [0.1, 0.15) is 90.4 Å². The Kier molecular flexibility index (Phi) is 8.53. The Hall–Kier alpha value is -1.20. The number of carbonyl (C=O) groups excluding carboxylic acids is 2. The largest absolute Gasteiger partial charge is 0.365 e. The van der Waals surface area contributed by atoms with Crippen LogP contribution in [0.4, 0.5) is 0 Å². The molecule has 2 fully saturated rings. The normalized spacial score (nSPS) is 28.0. The highest BCUT2D eigenvalue weighted by Gasteiger charge is 2.61. The standard InChI is InChI=1S/C23H37NO4/c1-2-3-4-5-6-7-8-9-10-11-12-13-14-17-27-24-22(25)20-18-15-16-19(28-18)21(20)23(24)26/h15-16,18-21H,2-14,17H2,1H3/t18-,19-,20-,21-/m1/s1. The molecule has 0 unspecified atom stereocenters. The highest BCUT2D eigenvalue weighted by Crippen LogP contribution is 2.45. The van der Waals surface area contributed by atoms with Crippen LogP contribution in [0.15, 0.2) is 12.2 Å². The van der Waals surface area contributed by atoms with Crippen LogP contribution in [0.25, 0.3) is 0 Å². The predicted octanol–water partition coefficient (Wildman–Crippen LogP) is 4.95. The van der Waals surface area contributed by atoms with Crippen LogP contribution in [0.3, 0.4) is 0 Å². The fourth-order valence-electron chi connectivity index (χ4n) is 4.68. The second-order valence-electron chi connectivity index (χ2n) is 8.55. The molecule has 0 aliphatic carbocycles. The number of hydrogen-bond acceptors (Lipinski definition) is 4. The molecule has 0 radical (unpaired) electrons. The lowest BCUT2D eigenvalue weighted by Gasteiger charge is -2.16. The van der Waals surface area contributed by atoms with Crippen molar-refractivity contribution in [3.05, 3.63) is 12.2 Å². The molecule has 158 valence electrons. The third kappa shape index (κ3) is 5.24. The summed E-state index contributed by atoms with van der Waals surface area (Å²) in [5.74, 6) is -1.17. The van der Waals surface area contributed by atoms with E-state index in [0.29, 0.717) is 6.61 Å². The second-order valence-corrected chi connectivity index (χ2v) is 8.55. The van der Waals surface area contributed by atoms with Crippen molar-refractivity contribution in [2.75, 3.05) is 6.61 Å². The number of imide groups is 1. The topological polar surface area (TPSA) is 55.8 Å². The van der Waals surface area contributed by atoms with E-state index in [9.17, 15) is 9.59 Å². The molecular weight excluding hydrogens is 354 g/mol. The van der Waals surface area contributed by atoms with Crippen LogP contribution in [0.5, 0.6) is 0 Å². The molecule has 2 amide bonds. The van der Waals surface area contributed by atoms with E-state index in [1.54, 1.807) is 0 Å². The number of nitrogens with zero attached hydrogens (tertiary/aromatic N) is 1. The minimum Gasteiger partial charge on any atom is -0.365 e. The number of unbranched alkanes of at least 4 members (excludes halogenated alkanes) is 12. The van der Waals surface area contributed by atoms with E-state index in [1.165, 1.54) is 70.6 Å². The van der Waals surface area contributed by atoms with Gasteiger partial charge in [0.25, 0.3) is 11.8 Å². The molecule has 0 N–H and O–H groups in total. The van der Waals surface area contributed by atoms with Crippen LogP contribution >= 0.6 is 0 Å². The van der Waals surface area contributed by atoms with E-state index >= 15 is 0 Å². The third-order valence-electron chi connectivity index (χ3n) is 6.34. The van der Waals surface area contributed by atoms with Gasteiger partial charge in [-0.25, -0.2) is 0 Å². The molecule has 28 heavy (non-hydrogen) atoms. The van der Waals surface area contributed by atoms with Crippen molar-refractivity contribution in [2.24, 2.45) is 11.8 Å². The first-order valence-corrected chi connectivity index (χ1v) is 11.6. The third-order valence-corrected chi connectivity index (χ3v) is 6.34. The van der Waals surface area contributed by atoms with E-state index in [1.807, 2.05) is 12.2 Å². The zero-order valence-electron chi connectivity index (χ0n) is 17.4. The average molecular weight is 392 g/mol. The molecule has 3 rings (SSSR count). The molecule has 2 saturated heterocycles. The molecule has 3 heterocycles. The molecule has 0 spiro atoms. The summed E-state index contributed by atoms with van der Waals surface area (Å²) in [6.45, 7) is 2.71. The summed E-state index contributed by atoms with van der Waals surface area (Å²) >= 11 is 0. The van der Waals surface area contributed by atoms with Gasteiger partial charge in [-0.1, -0.05) is 96.1 Å². The van der Waals surface area contributed by atoms with Crippen LogP contribution in [-0.2, 0) is 19.2 Å². The molecule has 3 aliphatic heterocycles. The van der Waals surface area contributed by atoms with Gasteiger partial charge < -0.3 is 4.74 Å². The SMILES string of the molecule is CCCCCCCCCCCCCCCON1C(=O)[C@H]2[C@H](C1=O)[C@H]1C=C[C@H]2O1. The molecular formula is C23H37NO4. The number of hydrogen-bond donors (Lipinski definition) is 0. The Balaban J connectivity index is 1.15. The molecule has 0 saturated carbocycles. The maximum Gasteiger partial charge on any atom is 0.260 e. The number of amides is 2. The first-order chi connectivity index (χ1) is 13.7. The quantitative estimate of drug-likeness (QED) is 0.225. The first-order valence-electron chi connectivity index (χ1n) is 11.6. The van der Waals surface area contributed by atoms with Crippen molar-refractivity contribution in [1.29, 1.82) is 0 Å². The maximum absolute atomic E-state index is 12.4. The first kappa shape index (κ1) is 21.5. The van der Waals surface area contributed by atoms with Gasteiger partial charge in [0.1, 0.15) is 0 Å². The molecule has 0 aromatic rings. The zero-order chi connectivity index (χ0) is 19.8. The average Bonchev–Trinajstić information content (AvgIpc) is 3.37. The van der Waals surface area contributed by atoms with E-state index in [-0.39, 0.29) is 35.9 Å². The summed E-state index contributed by atoms with van der Waals surface area (Å²) in [5.41, 5.74) is 0. The lowest BCUT2D eigenvalue weighted by Crippen LogP contribution is -2.34. The van der Waals surface area contributed by atoms with Crippen LogP contribution < -0.4 is 0 Å². The van der Waals surface area contributed by atoms with E-state index < -0.39 is 0 Å². The predicted molar refractivity (Wildman–Crippen MR) is 108 cm³/mol. The van der Waals surface area contributed by atoms with Crippen molar-refractivity contribution in [3.8, 4) is 0 Å². The van der Waals surface area contributed by atoms with Gasteiger partial charge in [0.15, 0.2) is 0 Å². The molecule has 3 aliphatic rings. The summed E-state index contributed by atoms with van der Waals surface area (Å²) in [6, 6.07) is 0. The van der Waals surface area contributed by atoms with E-state index in [2.05, 4.69) is 6.92 Å². The summed E-state index contributed by atoms with van der Waals surface area (Å²) < 4.78 is 5.62. The molecule has 4 atom stereocenters. The van der Waals surface area contributed by atoms with Gasteiger partial charge in [-0.2, -0.15) is 5.06 Å². The van der Waals surface area contributed by atoms with Crippen LogP contribution in [0.2, 0.25) is 0 Å². The smallest absolute Gasteiger partial charge is 0.260 e. The van der Waals surface area contributed by atoms with Gasteiger partial charge >= 0.3 is 0 Å². The zero-order valence-corrected chi connectivity index (χ0v) is 17.4. The number of ether oxygens (including phenoxy) is 1. The van der Waals surface area contributed by atoms with Gasteiger partial charge in [0.05, 0.1) is 30.7 Å². The van der Waals surface area contributed by atoms with Crippen molar-refractivity contribution < 1.29 is 19.2 Å². The Bertz CT molecular complexity index is 517. The van der Waals surface area contributed by atoms with Gasteiger partial charge in [0, 0.05) is 0 Å². The summed E-state index contributed by atoms with van der Waals surface area (Å²) in [4.78, 5) is 30.4. The minimum absolute atomic E-state index is 0.221. The van der Waals surface area contributed by atoms with Crippen LogP contribution in [-0.4, -0.2) is 35.7 Å². The van der Waals surface area contributed by atoms with Crippen LogP contribution in [0, 0.1) is 11.8 Å². The minimum atomic E-state index is -0.367. The van der Waals surface area contributed by atoms with E-state index in [0.717, 1.165) is 17.9 Å². The molecule has 5 nitrogen and oxygen atoms in total. The number of rotatable bonds is 15. The van der Waals surface area contributed by atoms with Gasteiger partial charge in [0.2, 0.25) is 0 Å². The molecule has 5 heteroatoms. The van der Waals surface area contributed by atoms with Crippen molar-refractivity contribution >= 4 is 11.8 Å². The fraction of sp³-hybridized carbons (Fsp3) is 0.826. The van der Waals surface area contributed by atoms with Gasteiger partial charge in [-0.15, -0.1) is 0 Å². The lowest BCUT2D eigenvalue weighted by atomic mass is 9.85. The fourth-order valence-corrected chi connectivity index (χ4v) is 4.68. The highest BCUT2D eigenvalue weighted by atomic mass is 16.7. The number of hydroxylamine groups is 2. The van der Waals surface area contributed by atoms with Crippen molar-refractivity contribution in [3.63, 3.8) is 0 Å². The van der Waals surface area contributed by atoms with Gasteiger partial charge in [-0.3, -0.25) is 14.4 Å². The van der Waals surface area contributed by atoms with Crippen molar-refractivity contribution in [1.82, 2.24) is 5.06 Å².